The SMILES string of the molecule is CC(C)(CNc1c(C(C)(C)CC(C)(C)C(=O)O)cnc2ccccc12)CC(C)(C)Nc1ncccn1. The molecule has 3 aromatic rings. The van der Waals surface area contributed by atoms with Gasteiger partial charge in [-0.25, -0.2) is 9.97 Å². The number of rotatable bonds is 11. The van der Waals surface area contributed by atoms with Crippen LogP contribution in [-0.4, -0.2) is 38.1 Å². The maximum Gasteiger partial charge on any atom is 0.309 e. The second-order valence-electron chi connectivity index (χ2n) is 12.6. The number of benzene rings is 1. The lowest BCUT2D eigenvalue weighted by Gasteiger charge is -2.37. The quantitative estimate of drug-likeness (QED) is 0.281. The summed E-state index contributed by atoms with van der Waals surface area (Å²) in [5.41, 5.74) is 1.41. The van der Waals surface area contributed by atoms with Crippen LogP contribution in [0, 0.1) is 10.8 Å². The van der Waals surface area contributed by atoms with Crippen LogP contribution < -0.4 is 10.6 Å². The lowest BCUT2D eigenvalue weighted by molar-refractivity contribution is -0.148. The Kier molecular flexibility index (Phi) is 7.63. The summed E-state index contributed by atoms with van der Waals surface area (Å²) >= 11 is 0. The number of aromatic nitrogens is 3. The van der Waals surface area contributed by atoms with Crippen molar-refractivity contribution in [1.29, 1.82) is 0 Å². The number of hydrogen-bond acceptors (Lipinski definition) is 6. The van der Waals surface area contributed by atoms with E-state index in [0.717, 1.165) is 35.1 Å². The van der Waals surface area contributed by atoms with Crippen LogP contribution in [0.1, 0.15) is 73.8 Å². The van der Waals surface area contributed by atoms with E-state index in [9.17, 15) is 9.90 Å². The van der Waals surface area contributed by atoms with Crippen molar-refractivity contribution in [1.82, 2.24) is 15.0 Å². The van der Waals surface area contributed by atoms with Crippen LogP contribution in [0.3, 0.4) is 0 Å². The van der Waals surface area contributed by atoms with Gasteiger partial charge in [0.1, 0.15) is 0 Å². The average Bonchev–Trinajstić information content (AvgIpc) is 2.76. The van der Waals surface area contributed by atoms with Crippen LogP contribution >= 0.6 is 0 Å². The normalized spacial score (nSPS) is 13.0. The van der Waals surface area contributed by atoms with Crippen molar-refractivity contribution in [2.45, 2.75) is 79.2 Å². The summed E-state index contributed by atoms with van der Waals surface area (Å²) in [6.45, 7) is 17.3. The van der Waals surface area contributed by atoms with Gasteiger partial charge in [0.25, 0.3) is 0 Å². The van der Waals surface area contributed by atoms with E-state index in [0.29, 0.717) is 12.4 Å². The van der Waals surface area contributed by atoms with Crippen LogP contribution in [0.15, 0.2) is 48.9 Å². The molecule has 2 aromatic heterocycles. The highest BCUT2D eigenvalue weighted by atomic mass is 16.4. The Bertz CT molecular complexity index is 1200. The lowest BCUT2D eigenvalue weighted by Crippen LogP contribution is -2.39. The van der Waals surface area contributed by atoms with E-state index < -0.39 is 16.8 Å². The molecule has 0 spiro atoms. The van der Waals surface area contributed by atoms with Crippen molar-refractivity contribution in [3.63, 3.8) is 0 Å². The fourth-order valence-corrected chi connectivity index (χ4v) is 5.42. The van der Waals surface area contributed by atoms with Crippen LogP contribution in [0.4, 0.5) is 11.6 Å². The van der Waals surface area contributed by atoms with Gasteiger partial charge in [0.15, 0.2) is 0 Å². The minimum Gasteiger partial charge on any atom is -0.481 e. The van der Waals surface area contributed by atoms with Gasteiger partial charge in [-0.15, -0.1) is 0 Å². The number of nitrogens with zero attached hydrogens (tertiary/aromatic N) is 3. The van der Waals surface area contributed by atoms with E-state index in [1.54, 1.807) is 26.2 Å². The highest BCUT2D eigenvalue weighted by Crippen LogP contribution is 2.42. The summed E-state index contributed by atoms with van der Waals surface area (Å²) in [5.74, 6) is -0.173. The van der Waals surface area contributed by atoms with Crippen molar-refractivity contribution in [3.8, 4) is 0 Å². The largest absolute Gasteiger partial charge is 0.481 e. The third-order valence-electron chi connectivity index (χ3n) is 6.65. The van der Waals surface area contributed by atoms with Crippen LogP contribution in [0.25, 0.3) is 10.9 Å². The number of aliphatic carboxylic acids is 1. The summed E-state index contributed by atoms with van der Waals surface area (Å²) in [5, 5.41) is 18.0. The number of carboxylic acid groups (broad SMARTS) is 1. The Labute approximate surface area is 215 Å². The van der Waals surface area contributed by atoms with Crippen molar-refractivity contribution >= 4 is 28.5 Å². The van der Waals surface area contributed by atoms with Gasteiger partial charge in [-0.2, -0.15) is 0 Å². The number of carboxylic acids is 1. The molecule has 0 saturated carbocycles. The Hall–Kier alpha value is -3.22. The van der Waals surface area contributed by atoms with Crippen LogP contribution in [0.2, 0.25) is 0 Å². The van der Waals surface area contributed by atoms with Crippen LogP contribution in [0.5, 0.6) is 0 Å². The number of carbonyl (C=O) groups is 1. The molecule has 0 aliphatic carbocycles. The van der Waals surface area contributed by atoms with Gasteiger partial charge in [0, 0.05) is 41.7 Å². The number of fused-ring (bicyclic) bond motifs is 1. The summed E-state index contributed by atoms with van der Waals surface area (Å²) in [6.07, 6.45) is 6.75. The van der Waals surface area contributed by atoms with E-state index in [-0.39, 0.29) is 11.0 Å². The molecule has 2 heterocycles. The van der Waals surface area contributed by atoms with Gasteiger partial charge in [0.05, 0.1) is 10.9 Å². The molecular formula is C29H41N5O2. The van der Waals surface area contributed by atoms with Gasteiger partial charge < -0.3 is 15.7 Å². The Morgan fingerprint density at radius 2 is 1.53 bits per heavy atom. The average molecular weight is 492 g/mol. The fraction of sp³-hybridized carbons (Fsp3) is 0.517. The summed E-state index contributed by atoms with van der Waals surface area (Å²) in [7, 11) is 0. The zero-order valence-corrected chi connectivity index (χ0v) is 22.9. The zero-order chi connectivity index (χ0) is 26.8. The molecule has 0 unspecified atom stereocenters. The summed E-state index contributed by atoms with van der Waals surface area (Å²) in [6, 6.07) is 9.91. The predicted octanol–water partition coefficient (Wildman–Crippen LogP) is 6.52. The summed E-state index contributed by atoms with van der Waals surface area (Å²) < 4.78 is 0. The third-order valence-corrected chi connectivity index (χ3v) is 6.65. The Morgan fingerprint density at radius 1 is 0.889 bits per heavy atom. The zero-order valence-electron chi connectivity index (χ0n) is 22.9. The molecule has 7 nitrogen and oxygen atoms in total. The van der Waals surface area contributed by atoms with E-state index in [2.05, 4.69) is 68.2 Å². The molecule has 0 saturated heterocycles. The molecule has 3 rings (SSSR count). The number of anilines is 2. The number of pyridine rings is 1. The van der Waals surface area contributed by atoms with E-state index in [1.165, 1.54) is 0 Å². The topological polar surface area (TPSA) is 100 Å². The maximum atomic E-state index is 11.9. The first-order valence-corrected chi connectivity index (χ1v) is 12.5. The van der Waals surface area contributed by atoms with Gasteiger partial charge in [-0.3, -0.25) is 9.78 Å². The molecule has 0 radical (unpaired) electrons. The molecule has 0 bridgehead atoms. The molecule has 1 aromatic carbocycles. The predicted molar refractivity (Wildman–Crippen MR) is 147 cm³/mol. The molecule has 0 atom stereocenters. The first-order valence-electron chi connectivity index (χ1n) is 12.5. The second-order valence-corrected chi connectivity index (χ2v) is 12.6. The number of nitrogens with one attached hydrogen (secondary N) is 2. The van der Waals surface area contributed by atoms with E-state index >= 15 is 0 Å². The third kappa shape index (κ3) is 6.71. The standard InChI is InChI=1S/C29H41N5O2/c1-26(2,17-29(7,8)34-25-30-14-11-15-31-25)19-33-23-20-12-9-10-13-22(20)32-16-21(23)27(3,4)18-28(5,6)24(35)36/h9-16H,17-19H2,1-8H3,(H,32,33)(H,35,36)(H,30,31,34). The first-order chi connectivity index (χ1) is 16.6. The van der Waals surface area contributed by atoms with Crippen LogP contribution in [-0.2, 0) is 10.2 Å². The Morgan fingerprint density at radius 3 is 2.17 bits per heavy atom. The lowest BCUT2D eigenvalue weighted by atomic mass is 9.71. The monoisotopic (exact) mass is 491 g/mol. The van der Waals surface area contributed by atoms with Gasteiger partial charge >= 0.3 is 5.97 Å². The van der Waals surface area contributed by atoms with Crippen molar-refractivity contribution in [3.05, 3.63) is 54.5 Å². The molecule has 7 heteroatoms. The van der Waals surface area contributed by atoms with Gasteiger partial charge in [-0.1, -0.05) is 45.9 Å². The maximum absolute atomic E-state index is 11.9. The number of para-hydroxylation sites is 1. The van der Waals surface area contributed by atoms with Gasteiger partial charge in [0.2, 0.25) is 5.95 Å². The molecule has 0 fully saturated rings. The second kappa shape index (κ2) is 10.0. The Balaban J connectivity index is 1.89. The van der Waals surface area contributed by atoms with E-state index in [4.69, 9.17) is 4.98 Å². The minimum absolute atomic E-state index is 0.0720. The number of hydrogen-bond donors (Lipinski definition) is 3. The molecule has 3 N–H and O–H groups in total. The molecule has 36 heavy (non-hydrogen) atoms. The first kappa shape index (κ1) is 27.4. The highest BCUT2D eigenvalue weighted by Gasteiger charge is 2.37. The minimum atomic E-state index is -0.860. The fourth-order valence-electron chi connectivity index (χ4n) is 5.42. The van der Waals surface area contributed by atoms with E-state index in [1.807, 2.05) is 30.5 Å². The molecule has 0 amide bonds. The molecule has 0 aliphatic rings. The van der Waals surface area contributed by atoms with Gasteiger partial charge in [-0.05, 0) is 69.1 Å². The molecule has 0 aliphatic heterocycles. The summed E-state index contributed by atoms with van der Waals surface area (Å²) in [4.78, 5) is 25.3. The van der Waals surface area contributed by atoms with Crippen molar-refractivity contribution in [2.24, 2.45) is 10.8 Å². The van der Waals surface area contributed by atoms with Crippen molar-refractivity contribution < 1.29 is 9.90 Å². The van der Waals surface area contributed by atoms with Crippen molar-refractivity contribution in [2.75, 3.05) is 17.2 Å². The molecule has 194 valence electrons. The highest BCUT2D eigenvalue weighted by molar-refractivity contribution is 5.93. The smallest absolute Gasteiger partial charge is 0.309 e. The molecular weight excluding hydrogens is 450 g/mol.